The minimum Gasteiger partial charge on any atom is -0.374 e. The summed E-state index contributed by atoms with van der Waals surface area (Å²) in [6.45, 7) is -0.478. The first-order chi connectivity index (χ1) is 9.97. The Kier molecular flexibility index (Phi) is 4.42. The number of para-hydroxylation sites is 1. The number of carbonyl (C=O) groups is 1. The number of benzene rings is 2. The molecule has 0 saturated heterocycles. The van der Waals surface area contributed by atoms with Gasteiger partial charge in [0.1, 0.15) is 29.0 Å². The van der Waals surface area contributed by atoms with Gasteiger partial charge in [0.15, 0.2) is 0 Å². The molecule has 1 amide bonds. The normalized spacial score (nSPS) is 10.3. The second-order valence-electron chi connectivity index (χ2n) is 4.12. The summed E-state index contributed by atoms with van der Waals surface area (Å²) >= 11 is 0. The van der Waals surface area contributed by atoms with E-state index in [-0.39, 0.29) is 5.69 Å². The maximum Gasteiger partial charge on any atom is 0.243 e. The molecule has 0 bridgehead atoms. The lowest BCUT2D eigenvalue weighted by molar-refractivity contribution is -0.114. The number of rotatable bonds is 4. The van der Waals surface area contributed by atoms with Crippen molar-refractivity contribution in [1.29, 1.82) is 0 Å². The average molecular weight is 298 g/mol. The van der Waals surface area contributed by atoms with Gasteiger partial charge in [-0.05, 0) is 30.3 Å². The van der Waals surface area contributed by atoms with Crippen LogP contribution in [0.5, 0.6) is 0 Å². The predicted molar refractivity (Wildman–Crippen MR) is 69.8 cm³/mol. The summed E-state index contributed by atoms with van der Waals surface area (Å²) in [6.07, 6.45) is 0. The third-order valence-corrected chi connectivity index (χ3v) is 2.59. The molecule has 0 aliphatic heterocycles. The number of anilines is 2. The zero-order valence-corrected chi connectivity index (χ0v) is 10.6. The van der Waals surface area contributed by atoms with E-state index in [0.29, 0.717) is 0 Å². The molecule has 7 heteroatoms. The maximum atomic E-state index is 13.3. The third-order valence-electron chi connectivity index (χ3n) is 2.59. The molecular weight excluding hydrogens is 288 g/mol. The summed E-state index contributed by atoms with van der Waals surface area (Å²) in [4.78, 5) is 11.6. The van der Waals surface area contributed by atoms with Gasteiger partial charge in [-0.3, -0.25) is 4.79 Å². The summed E-state index contributed by atoms with van der Waals surface area (Å²) in [6, 6.07) is 5.81. The van der Waals surface area contributed by atoms with Gasteiger partial charge in [0.25, 0.3) is 0 Å². The van der Waals surface area contributed by atoms with E-state index < -0.39 is 41.4 Å². The fourth-order valence-corrected chi connectivity index (χ4v) is 1.61. The van der Waals surface area contributed by atoms with E-state index in [4.69, 9.17) is 0 Å². The van der Waals surface area contributed by atoms with Crippen LogP contribution in [0.3, 0.4) is 0 Å². The molecule has 0 atom stereocenters. The summed E-state index contributed by atoms with van der Waals surface area (Å²) in [5.74, 6) is -4.09. The standard InChI is InChI=1S/C14H10F4N2O/c15-8-4-5-9(16)12(6-8)19-7-13(21)20-14-10(17)2-1-3-11(14)18/h1-6,19H,7H2,(H,20,21). The number of hydrogen-bond donors (Lipinski definition) is 2. The molecule has 0 heterocycles. The highest BCUT2D eigenvalue weighted by molar-refractivity contribution is 5.94. The van der Waals surface area contributed by atoms with Gasteiger partial charge in [-0.2, -0.15) is 0 Å². The van der Waals surface area contributed by atoms with Gasteiger partial charge in [0.2, 0.25) is 5.91 Å². The number of carbonyl (C=O) groups excluding carboxylic acids is 1. The van der Waals surface area contributed by atoms with Crippen LogP contribution in [0, 0.1) is 23.3 Å². The van der Waals surface area contributed by atoms with Gasteiger partial charge in [-0.1, -0.05) is 6.07 Å². The molecule has 0 radical (unpaired) electrons. The number of nitrogens with one attached hydrogen (secondary N) is 2. The van der Waals surface area contributed by atoms with Crippen molar-refractivity contribution in [2.45, 2.75) is 0 Å². The van der Waals surface area contributed by atoms with Crippen molar-refractivity contribution in [3.63, 3.8) is 0 Å². The smallest absolute Gasteiger partial charge is 0.243 e. The van der Waals surface area contributed by atoms with E-state index >= 15 is 0 Å². The second-order valence-corrected chi connectivity index (χ2v) is 4.12. The van der Waals surface area contributed by atoms with Crippen LogP contribution >= 0.6 is 0 Å². The number of halogens is 4. The van der Waals surface area contributed by atoms with Gasteiger partial charge >= 0.3 is 0 Å². The monoisotopic (exact) mass is 298 g/mol. The quantitative estimate of drug-likeness (QED) is 0.850. The van der Waals surface area contributed by atoms with Crippen LogP contribution in [-0.4, -0.2) is 12.5 Å². The first kappa shape index (κ1) is 14.8. The first-order valence-corrected chi connectivity index (χ1v) is 5.90. The fourth-order valence-electron chi connectivity index (χ4n) is 1.61. The Balaban J connectivity index is 2.01. The topological polar surface area (TPSA) is 41.1 Å². The molecule has 0 saturated carbocycles. The molecule has 0 fully saturated rings. The van der Waals surface area contributed by atoms with E-state index in [1.807, 2.05) is 5.32 Å². The van der Waals surface area contributed by atoms with Crippen LogP contribution < -0.4 is 10.6 Å². The summed E-state index contributed by atoms with van der Waals surface area (Å²) in [5, 5.41) is 4.36. The minimum absolute atomic E-state index is 0.223. The number of amides is 1. The van der Waals surface area contributed by atoms with Crippen molar-refractivity contribution in [3.8, 4) is 0 Å². The van der Waals surface area contributed by atoms with Crippen LogP contribution in [0.25, 0.3) is 0 Å². The lowest BCUT2D eigenvalue weighted by Crippen LogP contribution is -2.23. The molecule has 0 aliphatic rings. The molecule has 2 aromatic rings. The van der Waals surface area contributed by atoms with Crippen molar-refractivity contribution >= 4 is 17.3 Å². The SMILES string of the molecule is O=C(CNc1cc(F)ccc1F)Nc1c(F)cccc1F. The van der Waals surface area contributed by atoms with Crippen molar-refractivity contribution in [3.05, 3.63) is 59.7 Å². The predicted octanol–water partition coefficient (Wildman–Crippen LogP) is 3.29. The molecule has 3 nitrogen and oxygen atoms in total. The summed E-state index contributed by atoms with van der Waals surface area (Å²) < 4.78 is 52.8. The molecule has 2 N–H and O–H groups in total. The Morgan fingerprint density at radius 1 is 0.952 bits per heavy atom. The summed E-state index contributed by atoms with van der Waals surface area (Å²) in [5.41, 5.74) is -0.817. The Labute approximate surface area is 117 Å². The minimum atomic E-state index is -0.930. The van der Waals surface area contributed by atoms with E-state index in [0.717, 1.165) is 36.4 Å². The molecule has 2 aromatic carbocycles. The molecular formula is C14H10F4N2O. The van der Waals surface area contributed by atoms with Gasteiger partial charge in [0.05, 0.1) is 12.2 Å². The van der Waals surface area contributed by atoms with E-state index in [9.17, 15) is 22.4 Å². The van der Waals surface area contributed by atoms with Crippen LogP contribution in [0.2, 0.25) is 0 Å². The molecule has 0 spiro atoms. The summed E-state index contributed by atoms with van der Waals surface area (Å²) in [7, 11) is 0. The van der Waals surface area contributed by atoms with Crippen LogP contribution in [0.15, 0.2) is 36.4 Å². The van der Waals surface area contributed by atoms with Crippen LogP contribution in [-0.2, 0) is 4.79 Å². The third kappa shape index (κ3) is 3.71. The lowest BCUT2D eigenvalue weighted by atomic mass is 10.2. The molecule has 0 aliphatic carbocycles. The average Bonchev–Trinajstić information content (AvgIpc) is 2.44. The van der Waals surface area contributed by atoms with Crippen molar-refractivity contribution in [2.24, 2.45) is 0 Å². The van der Waals surface area contributed by atoms with Crippen LogP contribution in [0.4, 0.5) is 28.9 Å². The Morgan fingerprint density at radius 2 is 1.62 bits per heavy atom. The highest BCUT2D eigenvalue weighted by atomic mass is 19.1. The van der Waals surface area contributed by atoms with Crippen molar-refractivity contribution in [1.82, 2.24) is 0 Å². The molecule has 0 unspecified atom stereocenters. The van der Waals surface area contributed by atoms with E-state index in [2.05, 4.69) is 5.32 Å². The van der Waals surface area contributed by atoms with Crippen molar-refractivity contribution in [2.75, 3.05) is 17.2 Å². The highest BCUT2D eigenvalue weighted by Gasteiger charge is 2.12. The second kappa shape index (κ2) is 6.25. The lowest BCUT2D eigenvalue weighted by Gasteiger charge is -2.10. The van der Waals surface area contributed by atoms with E-state index in [1.54, 1.807) is 0 Å². The van der Waals surface area contributed by atoms with Gasteiger partial charge in [0, 0.05) is 0 Å². The molecule has 2 rings (SSSR count). The first-order valence-electron chi connectivity index (χ1n) is 5.90. The van der Waals surface area contributed by atoms with Gasteiger partial charge in [-0.25, -0.2) is 17.6 Å². The Morgan fingerprint density at radius 3 is 2.29 bits per heavy atom. The fraction of sp³-hybridized carbons (Fsp3) is 0.0714. The number of hydrogen-bond acceptors (Lipinski definition) is 2. The van der Waals surface area contributed by atoms with Crippen molar-refractivity contribution < 1.29 is 22.4 Å². The van der Waals surface area contributed by atoms with Crippen LogP contribution in [0.1, 0.15) is 0 Å². The zero-order chi connectivity index (χ0) is 15.4. The van der Waals surface area contributed by atoms with E-state index in [1.165, 1.54) is 0 Å². The van der Waals surface area contributed by atoms with Gasteiger partial charge < -0.3 is 10.6 Å². The largest absolute Gasteiger partial charge is 0.374 e. The highest BCUT2D eigenvalue weighted by Crippen LogP contribution is 2.18. The molecule has 21 heavy (non-hydrogen) atoms. The molecule has 0 aromatic heterocycles. The maximum absolute atomic E-state index is 13.3. The van der Waals surface area contributed by atoms with Gasteiger partial charge in [-0.15, -0.1) is 0 Å². The molecule has 110 valence electrons. The zero-order valence-electron chi connectivity index (χ0n) is 10.6. The Bertz CT molecular complexity index is 656. The Hall–Kier alpha value is -2.57.